The first-order valence-corrected chi connectivity index (χ1v) is 5.21. The van der Waals surface area contributed by atoms with Crippen LogP contribution in [-0.4, -0.2) is 15.4 Å². The number of nitro groups is 1. The van der Waals surface area contributed by atoms with Crippen LogP contribution in [-0.2, 0) is 7.05 Å². The second-order valence-electron chi connectivity index (χ2n) is 3.80. The van der Waals surface area contributed by atoms with Crippen LogP contribution in [0.25, 0.3) is 11.3 Å². The van der Waals surface area contributed by atoms with E-state index in [1.165, 1.54) is 6.07 Å². The summed E-state index contributed by atoms with van der Waals surface area (Å²) in [7, 11) is 1.64. The molecule has 18 heavy (non-hydrogen) atoms. The topological polar surface area (TPSA) is 91.2 Å². The van der Waals surface area contributed by atoms with Gasteiger partial charge in [-0.2, -0.15) is 0 Å². The zero-order valence-electron chi connectivity index (χ0n) is 9.66. The number of nitro benzene ring substituents is 1. The molecule has 0 saturated heterocycles. The maximum Gasteiger partial charge on any atom is 0.278 e. The Labute approximate surface area is 103 Å². The molecule has 0 atom stereocenters. The molecule has 6 nitrogen and oxygen atoms in total. The number of hydrogen-bond acceptors (Lipinski definition) is 3. The third kappa shape index (κ3) is 1.84. The van der Waals surface area contributed by atoms with Gasteiger partial charge < -0.3 is 10.3 Å². The molecule has 0 saturated carbocycles. The SMILES string of the molecule is Cn1c(C(N)=O)ccc1-c1ccccc1[N+](=O)[O-]. The van der Waals surface area contributed by atoms with Crippen LogP contribution < -0.4 is 5.73 Å². The van der Waals surface area contributed by atoms with Crippen LogP contribution in [0.2, 0.25) is 0 Å². The number of para-hydroxylation sites is 1. The Bertz CT molecular complexity index is 631. The summed E-state index contributed by atoms with van der Waals surface area (Å²) >= 11 is 0. The number of rotatable bonds is 3. The average molecular weight is 245 g/mol. The van der Waals surface area contributed by atoms with Crippen LogP contribution in [0.15, 0.2) is 36.4 Å². The Morgan fingerprint density at radius 1 is 1.28 bits per heavy atom. The monoisotopic (exact) mass is 245 g/mol. The average Bonchev–Trinajstić information content (AvgIpc) is 2.71. The van der Waals surface area contributed by atoms with Gasteiger partial charge in [0.1, 0.15) is 5.69 Å². The molecule has 2 aromatic rings. The summed E-state index contributed by atoms with van der Waals surface area (Å²) < 4.78 is 1.55. The summed E-state index contributed by atoms with van der Waals surface area (Å²) in [6.07, 6.45) is 0. The fourth-order valence-corrected chi connectivity index (χ4v) is 1.88. The van der Waals surface area contributed by atoms with Crippen molar-refractivity contribution in [2.45, 2.75) is 0 Å². The van der Waals surface area contributed by atoms with Gasteiger partial charge in [0.2, 0.25) is 0 Å². The molecule has 0 fully saturated rings. The zero-order chi connectivity index (χ0) is 13.3. The molecule has 0 unspecified atom stereocenters. The predicted octanol–water partition coefficient (Wildman–Crippen LogP) is 1.70. The van der Waals surface area contributed by atoms with Crippen molar-refractivity contribution >= 4 is 11.6 Å². The van der Waals surface area contributed by atoms with E-state index in [4.69, 9.17) is 5.73 Å². The number of primary amides is 1. The first-order valence-electron chi connectivity index (χ1n) is 5.21. The van der Waals surface area contributed by atoms with E-state index < -0.39 is 10.8 Å². The number of hydrogen-bond donors (Lipinski definition) is 1. The quantitative estimate of drug-likeness (QED) is 0.659. The van der Waals surface area contributed by atoms with E-state index >= 15 is 0 Å². The van der Waals surface area contributed by atoms with E-state index in [0.717, 1.165) is 0 Å². The van der Waals surface area contributed by atoms with Crippen molar-refractivity contribution in [2.24, 2.45) is 12.8 Å². The van der Waals surface area contributed by atoms with Gasteiger partial charge in [0.05, 0.1) is 16.2 Å². The lowest BCUT2D eigenvalue weighted by Crippen LogP contribution is -2.15. The Morgan fingerprint density at radius 2 is 1.94 bits per heavy atom. The second kappa shape index (κ2) is 4.33. The van der Waals surface area contributed by atoms with Crippen molar-refractivity contribution in [1.29, 1.82) is 0 Å². The van der Waals surface area contributed by atoms with Crippen LogP contribution in [0, 0.1) is 10.1 Å². The van der Waals surface area contributed by atoms with Crippen LogP contribution in [0.4, 0.5) is 5.69 Å². The molecule has 0 aliphatic rings. The number of amides is 1. The van der Waals surface area contributed by atoms with Crippen molar-refractivity contribution in [3.05, 3.63) is 52.2 Å². The molecule has 0 radical (unpaired) electrons. The van der Waals surface area contributed by atoms with Crippen molar-refractivity contribution < 1.29 is 9.72 Å². The maximum atomic E-state index is 11.2. The number of carbonyl (C=O) groups is 1. The van der Waals surface area contributed by atoms with E-state index in [1.807, 2.05) is 0 Å². The number of carbonyl (C=O) groups excluding carboxylic acids is 1. The minimum Gasteiger partial charge on any atom is -0.364 e. The summed E-state index contributed by atoms with van der Waals surface area (Å²) in [5, 5.41) is 11.0. The first kappa shape index (κ1) is 11.8. The lowest BCUT2D eigenvalue weighted by molar-refractivity contribution is -0.384. The van der Waals surface area contributed by atoms with Gasteiger partial charge in [-0.05, 0) is 18.2 Å². The molecule has 6 heteroatoms. The van der Waals surface area contributed by atoms with Crippen LogP contribution in [0.3, 0.4) is 0 Å². The zero-order valence-corrected chi connectivity index (χ0v) is 9.66. The molecule has 0 spiro atoms. The molecule has 0 bridgehead atoms. The number of nitrogens with zero attached hydrogens (tertiary/aromatic N) is 2. The van der Waals surface area contributed by atoms with E-state index in [0.29, 0.717) is 17.0 Å². The third-order valence-electron chi connectivity index (χ3n) is 2.75. The highest BCUT2D eigenvalue weighted by atomic mass is 16.6. The standard InChI is InChI=1S/C12H11N3O3/c1-14-9(6-7-11(14)12(13)16)8-4-2-3-5-10(8)15(17)18/h2-7H,1H3,(H2,13,16). The summed E-state index contributed by atoms with van der Waals surface area (Å²) in [4.78, 5) is 21.7. The molecule has 1 heterocycles. The van der Waals surface area contributed by atoms with Gasteiger partial charge in [-0.1, -0.05) is 12.1 Å². The molecule has 2 rings (SSSR count). The fourth-order valence-electron chi connectivity index (χ4n) is 1.88. The maximum absolute atomic E-state index is 11.2. The van der Waals surface area contributed by atoms with Crippen molar-refractivity contribution in [3.63, 3.8) is 0 Å². The minimum absolute atomic E-state index is 0.00489. The van der Waals surface area contributed by atoms with E-state index in [-0.39, 0.29) is 5.69 Å². The van der Waals surface area contributed by atoms with Crippen LogP contribution in [0.1, 0.15) is 10.5 Å². The lowest BCUT2D eigenvalue weighted by atomic mass is 10.1. The number of nitrogens with two attached hydrogens (primary N) is 1. The van der Waals surface area contributed by atoms with Crippen LogP contribution >= 0.6 is 0 Å². The van der Waals surface area contributed by atoms with Gasteiger partial charge in [0, 0.05) is 13.1 Å². The third-order valence-corrected chi connectivity index (χ3v) is 2.75. The van der Waals surface area contributed by atoms with Gasteiger partial charge >= 0.3 is 0 Å². The molecule has 0 aliphatic heterocycles. The fraction of sp³-hybridized carbons (Fsp3) is 0.0833. The van der Waals surface area contributed by atoms with Gasteiger partial charge in [0.15, 0.2) is 0 Å². The summed E-state index contributed by atoms with van der Waals surface area (Å²) in [6, 6.07) is 9.56. The summed E-state index contributed by atoms with van der Waals surface area (Å²) in [5.41, 5.74) is 6.55. The first-order chi connectivity index (χ1) is 8.52. The molecular weight excluding hydrogens is 234 g/mol. The predicted molar refractivity (Wildman–Crippen MR) is 66.0 cm³/mol. The van der Waals surface area contributed by atoms with Gasteiger partial charge in [-0.15, -0.1) is 0 Å². The second-order valence-corrected chi connectivity index (χ2v) is 3.80. The Hall–Kier alpha value is -2.63. The highest BCUT2D eigenvalue weighted by Crippen LogP contribution is 2.30. The van der Waals surface area contributed by atoms with Gasteiger partial charge in [-0.25, -0.2) is 0 Å². The molecule has 1 amide bonds. The normalized spacial score (nSPS) is 10.3. The highest BCUT2D eigenvalue weighted by molar-refractivity contribution is 5.92. The molecule has 0 aliphatic carbocycles. The van der Waals surface area contributed by atoms with Gasteiger partial charge in [-0.3, -0.25) is 14.9 Å². The molecular formula is C12H11N3O3. The molecule has 1 aromatic carbocycles. The Balaban J connectivity index is 2.63. The minimum atomic E-state index is -0.567. The van der Waals surface area contributed by atoms with E-state index in [2.05, 4.69) is 0 Å². The molecule has 1 aromatic heterocycles. The van der Waals surface area contributed by atoms with E-state index in [1.54, 1.807) is 41.9 Å². The van der Waals surface area contributed by atoms with Crippen molar-refractivity contribution in [3.8, 4) is 11.3 Å². The number of aromatic nitrogens is 1. The Kier molecular flexibility index (Phi) is 2.85. The van der Waals surface area contributed by atoms with E-state index in [9.17, 15) is 14.9 Å². The van der Waals surface area contributed by atoms with Crippen LogP contribution in [0.5, 0.6) is 0 Å². The lowest BCUT2D eigenvalue weighted by Gasteiger charge is -2.06. The highest BCUT2D eigenvalue weighted by Gasteiger charge is 2.18. The molecule has 2 N–H and O–H groups in total. The smallest absolute Gasteiger partial charge is 0.278 e. The molecule has 92 valence electrons. The summed E-state index contributed by atoms with van der Waals surface area (Å²) in [6.45, 7) is 0. The van der Waals surface area contributed by atoms with Crippen molar-refractivity contribution in [2.75, 3.05) is 0 Å². The summed E-state index contributed by atoms with van der Waals surface area (Å²) in [5.74, 6) is -0.567. The Morgan fingerprint density at radius 3 is 2.50 bits per heavy atom. The van der Waals surface area contributed by atoms with Gasteiger partial charge in [0.25, 0.3) is 11.6 Å². The van der Waals surface area contributed by atoms with Crippen molar-refractivity contribution in [1.82, 2.24) is 4.57 Å². The number of benzene rings is 1. The largest absolute Gasteiger partial charge is 0.364 e.